The summed E-state index contributed by atoms with van der Waals surface area (Å²) < 4.78 is 11.0. The number of hydrogen-bond acceptors (Lipinski definition) is 4. The first kappa shape index (κ1) is 14.7. The molecule has 0 saturated heterocycles. The second kappa shape index (κ2) is 6.64. The van der Waals surface area contributed by atoms with E-state index in [2.05, 4.69) is 6.92 Å². The number of nitrogen functional groups attached to an aromatic ring is 1. The summed E-state index contributed by atoms with van der Waals surface area (Å²) in [6.45, 7) is 4.39. The van der Waals surface area contributed by atoms with E-state index in [1.165, 1.54) is 12.8 Å². The normalized spacial score (nSPS) is 22.3. The van der Waals surface area contributed by atoms with Crippen LogP contribution in [0.5, 0.6) is 5.75 Å². The van der Waals surface area contributed by atoms with E-state index in [0.29, 0.717) is 23.6 Å². The maximum Gasteiger partial charge on any atom is 0.340 e. The van der Waals surface area contributed by atoms with Crippen LogP contribution in [0.25, 0.3) is 0 Å². The van der Waals surface area contributed by atoms with Crippen LogP contribution in [0.3, 0.4) is 0 Å². The highest BCUT2D eigenvalue weighted by molar-refractivity contribution is 5.95. The highest BCUT2D eigenvalue weighted by Crippen LogP contribution is 2.28. The van der Waals surface area contributed by atoms with Gasteiger partial charge in [0.25, 0.3) is 0 Å². The smallest absolute Gasteiger partial charge is 0.340 e. The van der Waals surface area contributed by atoms with Crippen LogP contribution in [0, 0.1) is 5.92 Å². The van der Waals surface area contributed by atoms with E-state index in [-0.39, 0.29) is 6.10 Å². The molecule has 0 unspecified atom stereocenters. The Bertz CT molecular complexity index is 465. The van der Waals surface area contributed by atoms with Gasteiger partial charge in [-0.25, -0.2) is 4.79 Å². The molecule has 0 spiro atoms. The molecule has 1 aromatic carbocycles. The predicted molar refractivity (Wildman–Crippen MR) is 78.9 cm³/mol. The number of nitrogens with two attached hydrogens (primary N) is 1. The largest absolute Gasteiger partial charge is 0.490 e. The molecular weight excluding hydrogens is 254 g/mol. The summed E-state index contributed by atoms with van der Waals surface area (Å²) in [5, 5.41) is 0. The van der Waals surface area contributed by atoms with Gasteiger partial charge in [0.2, 0.25) is 0 Å². The molecule has 1 fully saturated rings. The molecule has 0 aliphatic heterocycles. The van der Waals surface area contributed by atoms with Gasteiger partial charge >= 0.3 is 5.97 Å². The minimum atomic E-state index is -0.396. The monoisotopic (exact) mass is 277 g/mol. The third kappa shape index (κ3) is 3.65. The molecule has 0 atom stereocenters. The van der Waals surface area contributed by atoms with Crippen LogP contribution in [0.2, 0.25) is 0 Å². The first-order chi connectivity index (χ1) is 9.60. The number of rotatable bonds is 4. The molecule has 4 nitrogen and oxygen atoms in total. The maximum atomic E-state index is 11.8. The van der Waals surface area contributed by atoms with Crippen molar-refractivity contribution < 1.29 is 14.3 Å². The zero-order valence-corrected chi connectivity index (χ0v) is 12.2. The lowest BCUT2D eigenvalue weighted by atomic mass is 9.89. The van der Waals surface area contributed by atoms with Crippen LogP contribution in [-0.4, -0.2) is 18.7 Å². The van der Waals surface area contributed by atoms with Gasteiger partial charge in [-0.15, -0.1) is 0 Å². The molecule has 0 aromatic heterocycles. The van der Waals surface area contributed by atoms with Gasteiger partial charge in [-0.05, 0) is 56.7 Å². The molecule has 0 amide bonds. The van der Waals surface area contributed by atoms with Crippen LogP contribution < -0.4 is 10.5 Å². The lowest BCUT2D eigenvalue weighted by molar-refractivity contribution is 0.0526. The van der Waals surface area contributed by atoms with E-state index in [9.17, 15) is 4.79 Å². The molecule has 2 rings (SSSR count). The molecule has 0 radical (unpaired) electrons. The van der Waals surface area contributed by atoms with Gasteiger partial charge in [-0.1, -0.05) is 6.92 Å². The van der Waals surface area contributed by atoms with Crippen molar-refractivity contribution in [2.45, 2.75) is 45.6 Å². The molecule has 2 N–H and O–H groups in total. The summed E-state index contributed by atoms with van der Waals surface area (Å²) in [6.07, 6.45) is 4.78. The summed E-state index contributed by atoms with van der Waals surface area (Å²) in [5.41, 5.74) is 6.62. The molecule has 110 valence electrons. The standard InChI is InChI=1S/C16H23NO3/c1-3-19-16(18)14-10-13(8-9-15(14)17)20-12-6-4-11(2)5-7-12/h8-12H,3-7,17H2,1-2H3. The van der Waals surface area contributed by atoms with Crippen molar-refractivity contribution in [3.05, 3.63) is 23.8 Å². The molecule has 1 aromatic rings. The Morgan fingerprint density at radius 2 is 2.00 bits per heavy atom. The fourth-order valence-electron chi connectivity index (χ4n) is 2.53. The molecule has 4 heteroatoms. The lowest BCUT2D eigenvalue weighted by Gasteiger charge is -2.27. The zero-order valence-electron chi connectivity index (χ0n) is 12.2. The lowest BCUT2D eigenvalue weighted by Crippen LogP contribution is -2.23. The van der Waals surface area contributed by atoms with Crippen molar-refractivity contribution in [2.24, 2.45) is 5.92 Å². The van der Waals surface area contributed by atoms with Crippen LogP contribution in [0.15, 0.2) is 18.2 Å². The first-order valence-electron chi connectivity index (χ1n) is 7.33. The summed E-state index contributed by atoms with van der Waals surface area (Å²) >= 11 is 0. The van der Waals surface area contributed by atoms with Crippen LogP contribution in [-0.2, 0) is 4.74 Å². The average molecular weight is 277 g/mol. The van der Waals surface area contributed by atoms with Crippen LogP contribution >= 0.6 is 0 Å². The predicted octanol–water partition coefficient (Wildman–Crippen LogP) is 3.40. The highest BCUT2D eigenvalue weighted by atomic mass is 16.5. The Balaban J connectivity index is 2.05. The van der Waals surface area contributed by atoms with Crippen molar-refractivity contribution in [3.63, 3.8) is 0 Å². The van der Waals surface area contributed by atoms with Crippen LogP contribution in [0.4, 0.5) is 5.69 Å². The molecule has 1 aliphatic rings. The van der Waals surface area contributed by atoms with Crippen molar-refractivity contribution >= 4 is 11.7 Å². The Labute approximate surface area is 120 Å². The summed E-state index contributed by atoms with van der Waals surface area (Å²) in [6, 6.07) is 5.20. The molecule has 1 saturated carbocycles. The Hall–Kier alpha value is -1.71. The highest BCUT2D eigenvalue weighted by Gasteiger charge is 2.20. The number of benzene rings is 1. The molecular formula is C16H23NO3. The Morgan fingerprint density at radius 3 is 2.65 bits per heavy atom. The molecule has 20 heavy (non-hydrogen) atoms. The van der Waals surface area contributed by atoms with E-state index >= 15 is 0 Å². The van der Waals surface area contributed by atoms with E-state index in [4.69, 9.17) is 15.2 Å². The van der Waals surface area contributed by atoms with Crippen LogP contribution in [0.1, 0.15) is 49.9 Å². The van der Waals surface area contributed by atoms with Crippen molar-refractivity contribution in [1.29, 1.82) is 0 Å². The molecule has 0 bridgehead atoms. The van der Waals surface area contributed by atoms with Gasteiger partial charge < -0.3 is 15.2 Å². The van der Waals surface area contributed by atoms with E-state index in [1.807, 2.05) is 6.07 Å². The van der Waals surface area contributed by atoms with Gasteiger partial charge in [-0.2, -0.15) is 0 Å². The summed E-state index contributed by atoms with van der Waals surface area (Å²) in [5.74, 6) is 1.09. The Kier molecular flexibility index (Phi) is 4.88. The number of carbonyl (C=O) groups is 1. The van der Waals surface area contributed by atoms with Gasteiger partial charge in [0.15, 0.2) is 0 Å². The van der Waals surface area contributed by atoms with Crippen molar-refractivity contribution in [2.75, 3.05) is 12.3 Å². The summed E-state index contributed by atoms with van der Waals surface area (Å²) in [7, 11) is 0. The van der Waals surface area contributed by atoms with Gasteiger partial charge in [-0.3, -0.25) is 0 Å². The van der Waals surface area contributed by atoms with Gasteiger partial charge in [0.05, 0.1) is 18.3 Å². The maximum absolute atomic E-state index is 11.8. The van der Waals surface area contributed by atoms with E-state index in [0.717, 1.165) is 18.8 Å². The van der Waals surface area contributed by atoms with Crippen molar-refractivity contribution in [3.8, 4) is 5.75 Å². The third-order valence-corrected chi connectivity index (χ3v) is 3.79. The van der Waals surface area contributed by atoms with Gasteiger partial charge in [0.1, 0.15) is 5.75 Å². The number of esters is 1. The molecule has 0 heterocycles. The summed E-state index contributed by atoms with van der Waals surface area (Å²) in [4.78, 5) is 11.8. The topological polar surface area (TPSA) is 61.5 Å². The number of ether oxygens (including phenoxy) is 2. The third-order valence-electron chi connectivity index (χ3n) is 3.79. The minimum absolute atomic E-state index is 0.241. The fourth-order valence-corrected chi connectivity index (χ4v) is 2.53. The minimum Gasteiger partial charge on any atom is -0.490 e. The molecule has 1 aliphatic carbocycles. The zero-order chi connectivity index (χ0) is 14.5. The second-order valence-electron chi connectivity index (χ2n) is 5.47. The van der Waals surface area contributed by atoms with Crippen molar-refractivity contribution in [1.82, 2.24) is 0 Å². The van der Waals surface area contributed by atoms with E-state index in [1.54, 1.807) is 19.1 Å². The fraction of sp³-hybridized carbons (Fsp3) is 0.562. The number of hydrogen-bond donors (Lipinski definition) is 1. The van der Waals surface area contributed by atoms with Gasteiger partial charge in [0, 0.05) is 5.69 Å². The quantitative estimate of drug-likeness (QED) is 0.676. The SMILES string of the molecule is CCOC(=O)c1cc(OC2CCC(C)CC2)ccc1N. The number of carbonyl (C=O) groups excluding carboxylic acids is 1. The van der Waals surface area contributed by atoms with E-state index < -0.39 is 5.97 Å². The number of anilines is 1. The second-order valence-corrected chi connectivity index (χ2v) is 5.47. The Morgan fingerprint density at radius 1 is 1.30 bits per heavy atom. The first-order valence-corrected chi connectivity index (χ1v) is 7.33. The average Bonchev–Trinajstić information content (AvgIpc) is 2.43.